The first kappa shape index (κ1) is 12.7. The fourth-order valence-electron chi connectivity index (χ4n) is 0.949. The first-order chi connectivity index (χ1) is 5.77. The number of nitrogens with one attached hydrogen (secondary N) is 1. The van der Waals surface area contributed by atoms with Gasteiger partial charge in [-0.2, -0.15) is 0 Å². The van der Waals surface area contributed by atoms with Gasteiger partial charge in [0, 0.05) is 13.1 Å². The van der Waals surface area contributed by atoms with Crippen molar-refractivity contribution in [3.05, 3.63) is 0 Å². The molecule has 0 atom stereocenters. The molecule has 0 aliphatic rings. The van der Waals surface area contributed by atoms with Gasteiger partial charge < -0.3 is 10.2 Å². The van der Waals surface area contributed by atoms with E-state index in [-0.39, 0.29) is 0 Å². The Morgan fingerprint density at radius 2 is 1.83 bits per heavy atom. The van der Waals surface area contributed by atoms with Crippen LogP contribution >= 0.6 is 22.6 Å². The zero-order valence-electron chi connectivity index (χ0n) is 8.27. The number of hydrogen-bond acceptors (Lipinski definition) is 2. The van der Waals surface area contributed by atoms with Crippen LogP contribution in [0.25, 0.3) is 0 Å². The summed E-state index contributed by atoms with van der Waals surface area (Å²) in [6, 6.07) is 0. The van der Waals surface area contributed by atoms with Crippen molar-refractivity contribution >= 4 is 22.6 Å². The highest BCUT2D eigenvalue weighted by atomic mass is 127. The van der Waals surface area contributed by atoms with Crippen molar-refractivity contribution in [3.63, 3.8) is 0 Å². The van der Waals surface area contributed by atoms with Crippen molar-refractivity contribution in [2.24, 2.45) is 0 Å². The van der Waals surface area contributed by atoms with Crippen LogP contribution in [0.2, 0.25) is 0 Å². The van der Waals surface area contributed by atoms with E-state index >= 15 is 0 Å². The van der Waals surface area contributed by atoms with E-state index in [4.69, 9.17) is 0 Å². The molecule has 74 valence electrons. The van der Waals surface area contributed by atoms with E-state index in [1.165, 1.54) is 30.2 Å². The fraction of sp³-hybridized carbons (Fsp3) is 1.00. The van der Waals surface area contributed by atoms with Crippen molar-refractivity contribution in [2.75, 3.05) is 38.2 Å². The minimum absolute atomic E-state index is 1.12. The number of nitrogens with zero attached hydrogens (tertiary/aromatic N) is 1. The van der Waals surface area contributed by atoms with Crippen LogP contribution in [0.15, 0.2) is 0 Å². The Morgan fingerprint density at radius 3 is 2.42 bits per heavy atom. The van der Waals surface area contributed by atoms with Gasteiger partial charge in [-0.15, -0.1) is 0 Å². The quantitative estimate of drug-likeness (QED) is 0.415. The zero-order chi connectivity index (χ0) is 9.23. The third-order valence-electron chi connectivity index (χ3n) is 1.72. The number of rotatable bonds is 8. The number of alkyl halides is 1. The molecular formula is C9H21IN2. The Bertz CT molecular complexity index is 86.6. The Kier molecular flexibility index (Phi) is 10.3. The summed E-state index contributed by atoms with van der Waals surface area (Å²) >= 11 is 2.44. The smallest absolute Gasteiger partial charge is 0.0101 e. The van der Waals surface area contributed by atoms with Gasteiger partial charge in [0.25, 0.3) is 0 Å². The Hall–Kier alpha value is 0.650. The number of hydrogen-bond donors (Lipinski definition) is 1. The van der Waals surface area contributed by atoms with Crippen molar-refractivity contribution in [2.45, 2.75) is 19.3 Å². The van der Waals surface area contributed by atoms with Crippen LogP contribution in [0.3, 0.4) is 0 Å². The standard InChI is InChI=1S/C9H21IN2/c1-12(2)9-8-11-7-5-3-4-6-10/h11H,3-9H2,1-2H3. The van der Waals surface area contributed by atoms with Crippen LogP contribution in [0.1, 0.15) is 19.3 Å². The highest BCUT2D eigenvalue weighted by molar-refractivity contribution is 14.1. The number of halogens is 1. The molecule has 0 unspecified atom stereocenters. The van der Waals surface area contributed by atoms with Crippen molar-refractivity contribution in [3.8, 4) is 0 Å². The lowest BCUT2D eigenvalue weighted by atomic mass is 10.2. The average molecular weight is 284 g/mol. The third-order valence-corrected chi connectivity index (χ3v) is 2.49. The summed E-state index contributed by atoms with van der Waals surface area (Å²) in [6.45, 7) is 3.45. The first-order valence-corrected chi connectivity index (χ1v) is 6.21. The summed E-state index contributed by atoms with van der Waals surface area (Å²) in [5, 5.41) is 3.43. The van der Waals surface area contributed by atoms with Crippen LogP contribution in [-0.2, 0) is 0 Å². The molecule has 0 amide bonds. The van der Waals surface area contributed by atoms with E-state index in [1.807, 2.05) is 0 Å². The maximum absolute atomic E-state index is 3.43. The van der Waals surface area contributed by atoms with Crippen LogP contribution in [0, 0.1) is 0 Å². The molecule has 2 nitrogen and oxygen atoms in total. The molecule has 0 aromatic heterocycles. The van der Waals surface area contributed by atoms with Gasteiger partial charge in [0.1, 0.15) is 0 Å². The largest absolute Gasteiger partial charge is 0.315 e. The monoisotopic (exact) mass is 284 g/mol. The summed E-state index contributed by atoms with van der Waals surface area (Å²) in [6.07, 6.45) is 4.07. The summed E-state index contributed by atoms with van der Waals surface area (Å²) in [4.78, 5) is 2.21. The normalized spacial score (nSPS) is 11.0. The molecule has 0 saturated heterocycles. The maximum Gasteiger partial charge on any atom is 0.0101 e. The second-order valence-electron chi connectivity index (χ2n) is 3.30. The van der Waals surface area contributed by atoms with E-state index < -0.39 is 0 Å². The summed E-state index contributed by atoms with van der Waals surface area (Å²) in [5.74, 6) is 0. The van der Waals surface area contributed by atoms with Gasteiger partial charge in [-0.1, -0.05) is 29.0 Å². The molecule has 0 heterocycles. The zero-order valence-corrected chi connectivity index (χ0v) is 10.4. The molecule has 0 aromatic carbocycles. The van der Waals surface area contributed by atoms with Crippen LogP contribution in [0.5, 0.6) is 0 Å². The lowest BCUT2D eigenvalue weighted by molar-refractivity contribution is 0.399. The minimum atomic E-state index is 1.12. The summed E-state index contributed by atoms with van der Waals surface area (Å²) < 4.78 is 1.30. The van der Waals surface area contributed by atoms with Crippen molar-refractivity contribution in [1.29, 1.82) is 0 Å². The Morgan fingerprint density at radius 1 is 1.08 bits per heavy atom. The molecule has 0 radical (unpaired) electrons. The molecule has 0 spiro atoms. The number of likely N-dealkylation sites (N-methyl/N-ethyl adjacent to an activating group) is 1. The molecule has 0 aromatic rings. The van der Waals surface area contributed by atoms with E-state index in [2.05, 4.69) is 46.9 Å². The number of unbranched alkanes of at least 4 members (excludes halogenated alkanes) is 2. The SMILES string of the molecule is CN(C)CCNCCCCCI. The summed E-state index contributed by atoms with van der Waals surface area (Å²) in [7, 11) is 4.22. The predicted octanol–water partition coefficient (Wildman–Crippen LogP) is 1.74. The van der Waals surface area contributed by atoms with Gasteiger partial charge in [0.15, 0.2) is 0 Å². The molecule has 12 heavy (non-hydrogen) atoms. The highest BCUT2D eigenvalue weighted by Gasteiger charge is 1.90. The molecule has 0 bridgehead atoms. The topological polar surface area (TPSA) is 15.3 Å². The summed E-state index contributed by atoms with van der Waals surface area (Å²) in [5.41, 5.74) is 0. The second kappa shape index (κ2) is 9.74. The Balaban J connectivity index is 2.82. The fourth-order valence-corrected chi connectivity index (χ4v) is 1.49. The van der Waals surface area contributed by atoms with E-state index in [9.17, 15) is 0 Å². The molecule has 0 saturated carbocycles. The third kappa shape index (κ3) is 10.7. The van der Waals surface area contributed by atoms with Crippen molar-refractivity contribution < 1.29 is 0 Å². The molecule has 3 heteroatoms. The predicted molar refractivity (Wildman–Crippen MR) is 64.2 cm³/mol. The Labute approximate surface area is 90.2 Å². The van der Waals surface area contributed by atoms with Crippen LogP contribution < -0.4 is 5.32 Å². The van der Waals surface area contributed by atoms with E-state index in [0.717, 1.165) is 13.1 Å². The lowest BCUT2D eigenvalue weighted by Crippen LogP contribution is -2.27. The molecule has 0 fully saturated rings. The molecule has 1 N–H and O–H groups in total. The first-order valence-electron chi connectivity index (χ1n) is 4.69. The maximum atomic E-state index is 3.43. The van der Waals surface area contributed by atoms with E-state index in [0.29, 0.717) is 0 Å². The molecule has 0 aliphatic heterocycles. The highest BCUT2D eigenvalue weighted by Crippen LogP contribution is 1.97. The average Bonchev–Trinajstić information content (AvgIpc) is 2.02. The van der Waals surface area contributed by atoms with Gasteiger partial charge in [-0.05, 0) is 37.9 Å². The van der Waals surface area contributed by atoms with Crippen LogP contribution in [0.4, 0.5) is 0 Å². The van der Waals surface area contributed by atoms with E-state index in [1.54, 1.807) is 0 Å². The molecular weight excluding hydrogens is 263 g/mol. The molecule has 0 rings (SSSR count). The minimum Gasteiger partial charge on any atom is -0.315 e. The van der Waals surface area contributed by atoms with Gasteiger partial charge >= 0.3 is 0 Å². The van der Waals surface area contributed by atoms with Gasteiger partial charge in [0.2, 0.25) is 0 Å². The molecule has 0 aliphatic carbocycles. The second-order valence-corrected chi connectivity index (χ2v) is 4.38. The van der Waals surface area contributed by atoms with Crippen molar-refractivity contribution in [1.82, 2.24) is 10.2 Å². The van der Waals surface area contributed by atoms with Gasteiger partial charge in [-0.25, -0.2) is 0 Å². The lowest BCUT2D eigenvalue weighted by Gasteiger charge is -2.09. The van der Waals surface area contributed by atoms with Gasteiger partial charge in [-0.3, -0.25) is 0 Å². The van der Waals surface area contributed by atoms with Crippen LogP contribution in [-0.4, -0.2) is 43.1 Å². The van der Waals surface area contributed by atoms with Gasteiger partial charge in [0.05, 0.1) is 0 Å².